The summed E-state index contributed by atoms with van der Waals surface area (Å²) in [6, 6.07) is 5.63. The number of hydrogen-bond acceptors (Lipinski definition) is 4. The Kier molecular flexibility index (Phi) is 7.43. The number of hydrazone groups is 1. The standard InChI is InChI=1S/C18H24BrN3O3/c1-13-6-7-16(15(19)10-13)25-12-17(23)21-20-14(2)11-18(24)22-8-4-3-5-9-22/h6-7,10H,3-5,8-9,11-12H2,1-2H3,(H,21,23). The van der Waals surface area contributed by atoms with Crippen LogP contribution in [0.2, 0.25) is 0 Å². The molecule has 1 aromatic carbocycles. The summed E-state index contributed by atoms with van der Waals surface area (Å²) in [6.07, 6.45) is 3.53. The number of benzene rings is 1. The van der Waals surface area contributed by atoms with Crippen LogP contribution in [0.15, 0.2) is 27.8 Å². The van der Waals surface area contributed by atoms with Gasteiger partial charge in [-0.3, -0.25) is 9.59 Å². The second-order valence-corrected chi connectivity index (χ2v) is 7.08. The fourth-order valence-corrected chi connectivity index (χ4v) is 3.18. The van der Waals surface area contributed by atoms with E-state index in [1.165, 1.54) is 6.42 Å². The fourth-order valence-electron chi connectivity index (χ4n) is 2.57. The first kappa shape index (κ1) is 19.4. The van der Waals surface area contributed by atoms with E-state index in [0.717, 1.165) is 36.0 Å². The van der Waals surface area contributed by atoms with E-state index in [9.17, 15) is 9.59 Å². The molecule has 0 unspecified atom stereocenters. The van der Waals surface area contributed by atoms with Gasteiger partial charge in [0.05, 0.1) is 10.9 Å². The van der Waals surface area contributed by atoms with Gasteiger partial charge in [-0.25, -0.2) is 5.43 Å². The van der Waals surface area contributed by atoms with Crippen LogP contribution >= 0.6 is 15.9 Å². The Hall–Kier alpha value is -1.89. The molecule has 7 heteroatoms. The van der Waals surface area contributed by atoms with Crippen LogP contribution in [0, 0.1) is 6.92 Å². The van der Waals surface area contributed by atoms with Crippen molar-refractivity contribution in [1.82, 2.24) is 10.3 Å². The summed E-state index contributed by atoms with van der Waals surface area (Å²) in [4.78, 5) is 25.8. The quantitative estimate of drug-likeness (QED) is 0.579. The zero-order valence-electron chi connectivity index (χ0n) is 14.7. The van der Waals surface area contributed by atoms with Gasteiger partial charge in [0.2, 0.25) is 5.91 Å². The van der Waals surface area contributed by atoms with Crippen LogP contribution in [0.1, 0.15) is 38.2 Å². The SMILES string of the molecule is CC(CC(=O)N1CCCCC1)=NNC(=O)COc1ccc(C)cc1Br. The Labute approximate surface area is 156 Å². The Morgan fingerprint density at radius 3 is 2.68 bits per heavy atom. The van der Waals surface area contributed by atoms with Gasteiger partial charge in [-0.15, -0.1) is 0 Å². The second kappa shape index (κ2) is 9.56. The number of likely N-dealkylation sites (tertiary alicyclic amines) is 1. The number of amides is 2. The van der Waals surface area contributed by atoms with Crippen molar-refractivity contribution in [2.75, 3.05) is 19.7 Å². The van der Waals surface area contributed by atoms with Gasteiger partial charge in [0.1, 0.15) is 5.75 Å². The first-order chi connectivity index (χ1) is 12.0. The average Bonchev–Trinajstić information content (AvgIpc) is 2.60. The summed E-state index contributed by atoms with van der Waals surface area (Å²) < 4.78 is 6.26. The first-order valence-corrected chi connectivity index (χ1v) is 9.23. The van der Waals surface area contributed by atoms with E-state index in [0.29, 0.717) is 11.5 Å². The lowest BCUT2D eigenvalue weighted by atomic mass is 10.1. The van der Waals surface area contributed by atoms with E-state index in [1.54, 1.807) is 13.0 Å². The molecule has 1 aromatic rings. The molecule has 25 heavy (non-hydrogen) atoms. The van der Waals surface area contributed by atoms with Gasteiger partial charge in [0.25, 0.3) is 5.91 Å². The summed E-state index contributed by atoms with van der Waals surface area (Å²) in [5.41, 5.74) is 4.11. The molecule has 1 saturated heterocycles. The molecule has 2 rings (SSSR count). The average molecular weight is 410 g/mol. The molecule has 0 radical (unpaired) electrons. The third kappa shape index (κ3) is 6.49. The predicted molar refractivity (Wildman–Crippen MR) is 101 cm³/mol. The lowest BCUT2D eigenvalue weighted by molar-refractivity contribution is -0.130. The minimum absolute atomic E-state index is 0.0648. The van der Waals surface area contributed by atoms with Crippen molar-refractivity contribution in [3.05, 3.63) is 28.2 Å². The van der Waals surface area contributed by atoms with Crippen molar-refractivity contribution >= 4 is 33.5 Å². The van der Waals surface area contributed by atoms with E-state index < -0.39 is 0 Å². The first-order valence-electron chi connectivity index (χ1n) is 8.44. The van der Waals surface area contributed by atoms with E-state index in [-0.39, 0.29) is 24.8 Å². The van der Waals surface area contributed by atoms with E-state index in [2.05, 4.69) is 26.5 Å². The minimum atomic E-state index is -0.364. The molecule has 1 N–H and O–H groups in total. The maximum atomic E-state index is 12.1. The fraction of sp³-hybridized carbons (Fsp3) is 0.500. The maximum absolute atomic E-state index is 12.1. The number of rotatable bonds is 6. The Balaban J connectivity index is 1.75. The van der Waals surface area contributed by atoms with E-state index >= 15 is 0 Å². The zero-order chi connectivity index (χ0) is 18.2. The number of hydrogen-bond donors (Lipinski definition) is 1. The highest BCUT2D eigenvalue weighted by Crippen LogP contribution is 2.25. The normalized spacial score (nSPS) is 15.0. The molecule has 0 aromatic heterocycles. The Morgan fingerprint density at radius 2 is 2.00 bits per heavy atom. The molecule has 1 heterocycles. The number of nitrogens with one attached hydrogen (secondary N) is 1. The molecule has 6 nitrogen and oxygen atoms in total. The Bertz CT molecular complexity index is 655. The highest BCUT2D eigenvalue weighted by molar-refractivity contribution is 9.10. The molecule has 1 aliphatic rings. The van der Waals surface area contributed by atoms with Crippen molar-refractivity contribution in [3.8, 4) is 5.75 Å². The zero-order valence-corrected chi connectivity index (χ0v) is 16.3. The number of nitrogens with zero attached hydrogens (tertiary/aromatic N) is 2. The number of halogens is 1. The summed E-state index contributed by atoms with van der Waals surface area (Å²) >= 11 is 3.40. The lowest BCUT2D eigenvalue weighted by Gasteiger charge is -2.26. The molecular weight excluding hydrogens is 386 g/mol. The number of piperidine rings is 1. The molecule has 1 aliphatic heterocycles. The van der Waals surface area contributed by atoms with Crippen molar-refractivity contribution < 1.29 is 14.3 Å². The van der Waals surface area contributed by atoms with Crippen LogP contribution in [-0.4, -0.2) is 42.1 Å². The van der Waals surface area contributed by atoms with Crippen LogP contribution in [0.4, 0.5) is 0 Å². The van der Waals surface area contributed by atoms with E-state index in [1.807, 2.05) is 24.0 Å². The van der Waals surface area contributed by atoms with Gasteiger partial charge in [-0.2, -0.15) is 5.10 Å². The summed E-state index contributed by atoms with van der Waals surface area (Å²) in [5, 5.41) is 3.99. The van der Waals surface area contributed by atoms with Crippen LogP contribution in [0.3, 0.4) is 0 Å². The van der Waals surface area contributed by atoms with Crippen molar-refractivity contribution in [2.24, 2.45) is 5.10 Å². The summed E-state index contributed by atoms with van der Waals surface area (Å²) in [6.45, 7) is 5.21. The second-order valence-electron chi connectivity index (χ2n) is 6.22. The third-order valence-corrected chi connectivity index (χ3v) is 4.55. The molecule has 0 spiro atoms. The summed E-state index contributed by atoms with van der Waals surface area (Å²) in [5.74, 6) is 0.300. The lowest BCUT2D eigenvalue weighted by Crippen LogP contribution is -2.36. The van der Waals surface area contributed by atoms with Crippen LogP contribution < -0.4 is 10.2 Å². The van der Waals surface area contributed by atoms with Gasteiger partial charge in [-0.05, 0) is 66.7 Å². The van der Waals surface area contributed by atoms with Gasteiger partial charge in [0.15, 0.2) is 6.61 Å². The largest absolute Gasteiger partial charge is 0.483 e. The van der Waals surface area contributed by atoms with Gasteiger partial charge in [-0.1, -0.05) is 6.07 Å². The van der Waals surface area contributed by atoms with Gasteiger partial charge >= 0.3 is 0 Å². The van der Waals surface area contributed by atoms with E-state index in [4.69, 9.17) is 4.74 Å². The molecule has 2 amide bonds. The summed E-state index contributed by atoms with van der Waals surface area (Å²) in [7, 11) is 0. The maximum Gasteiger partial charge on any atom is 0.277 e. The van der Waals surface area contributed by atoms with Gasteiger partial charge < -0.3 is 9.64 Å². The minimum Gasteiger partial charge on any atom is -0.483 e. The smallest absolute Gasteiger partial charge is 0.277 e. The number of carbonyl (C=O) groups is 2. The van der Waals surface area contributed by atoms with Crippen molar-refractivity contribution in [1.29, 1.82) is 0 Å². The van der Waals surface area contributed by atoms with Gasteiger partial charge in [0, 0.05) is 18.8 Å². The number of ether oxygens (including phenoxy) is 1. The monoisotopic (exact) mass is 409 g/mol. The third-order valence-electron chi connectivity index (χ3n) is 3.93. The topological polar surface area (TPSA) is 71.0 Å². The molecule has 0 atom stereocenters. The van der Waals surface area contributed by atoms with Crippen LogP contribution in [-0.2, 0) is 9.59 Å². The number of aryl methyl sites for hydroxylation is 1. The van der Waals surface area contributed by atoms with Crippen molar-refractivity contribution in [2.45, 2.75) is 39.5 Å². The van der Waals surface area contributed by atoms with Crippen molar-refractivity contribution in [3.63, 3.8) is 0 Å². The molecule has 0 saturated carbocycles. The Morgan fingerprint density at radius 1 is 1.28 bits per heavy atom. The predicted octanol–water partition coefficient (Wildman–Crippen LogP) is 3.03. The molecular formula is C18H24BrN3O3. The molecule has 0 aliphatic carbocycles. The molecule has 136 valence electrons. The van der Waals surface area contributed by atoms with Crippen LogP contribution in [0.5, 0.6) is 5.75 Å². The highest BCUT2D eigenvalue weighted by atomic mass is 79.9. The molecule has 1 fully saturated rings. The highest BCUT2D eigenvalue weighted by Gasteiger charge is 2.17. The van der Waals surface area contributed by atoms with Crippen LogP contribution in [0.25, 0.3) is 0 Å². The molecule has 0 bridgehead atoms. The number of carbonyl (C=O) groups excluding carboxylic acids is 2.